The van der Waals surface area contributed by atoms with Gasteiger partial charge in [0.15, 0.2) is 0 Å². The molecule has 5 heteroatoms. The number of aromatic nitrogens is 1. The summed E-state index contributed by atoms with van der Waals surface area (Å²) < 4.78 is 13.9. The van der Waals surface area contributed by atoms with Gasteiger partial charge < -0.3 is 4.90 Å². The Morgan fingerprint density at radius 1 is 1.33 bits per heavy atom. The van der Waals surface area contributed by atoms with Gasteiger partial charge in [0.25, 0.3) is 5.91 Å². The van der Waals surface area contributed by atoms with E-state index in [1.165, 1.54) is 12.1 Å². The molecule has 1 aromatic heterocycles. The predicted octanol–water partition coefficient (Wildman–Crippen LogP) is 3.53. The lowest BCUT2D eigenvalue weighted by atomic mass is 9.81. The zero-order chi connectivity index (χ0) is 15.2. The van der Waals surface area contributed by atoms with Crippen LogP contribution in [0.2, 0.25) is 0 Å². The van der Waals surface area contributed by atoms with Gasteiger partial charge in [-0.15, -0.1) is 0 Å². The lowest BCUT2D eigenvalue weighted by Gasteiger charge is -2.43. The molecular formula is C16H14BrFN2O. The highest BCUT2D eigenvalue weighted by Crippen LogP contribution is 2.37. The fourth-order valence-corrected chi connectivity index (χ4v) is 3.08. The van der Waals surface area contributed by atoms with Crippen molar-refractivity contribution in [3.8, 4) is 0 Å². The maximum atomic E-state index is 13.1. The van der Waals surface area contributed by atoms with Crippen LogP contribution in [0.4, 0.5) is 4.39 Å². The number of rotatable bonds is 1. The van der Waals surface area contributed by atoms with E-state index in [0.29, 0.717) is 12.0 Å². The Hall–Kier alpha value is -1.75. The van der Waals surface area contributed by atoms with Crippen LogP contribution < -0.4 is 0 Å². The van der Waals surface area contributed by atoms with Crippen molar-refractivity contribution in [1.29, 1.82) is 0 Å². The van der Waals surface area contributed by atoms with Gasteiger partial charge in [-0.2, -0.15) is 0 Å². The molecule has 0 N–H and O–H groups in total. The van der Waals surface area contributed by atoms with Crippen molar-refractivity contribution >= 4 is 21.8 Å². The number of halogens is 2. The van der Waals surface area contributed by atoms with Crippen LogP contribution in [-0.2, 0) is 12.0 Å². The molecule has 108 valence electrons. The zero-order valence-electron chi connectivity index (χ0n) is 11.7. The van der Waals surface area contributed by atoms with E-state index in [4.69, 9.17) is 0 Å². The number of carbonyl (C=O) groups is 1. The minimum atomic E-state index is -0.529. The number of amides is 1. The topological polar surface area (TPSA) is 33.2 Å². The van der Waals surface area contributed by atoms with Crippen LogP contribution in [0.15, 0.2) is 41.0 Å². The van der Waals surface area contributed by atoms with E-state index in [1.54, 1.807) is 36.3 Å². The molecule has 1 atom stereocenters. The van der Waals surface area contributed by atoms with Crippen LogP contribution in [0.3, 0.4) is 0 Å². The maximum absolute atomic E-state index is 13.1. The summed E-state index contributed by atoms with van der Waals surface area (Å²) in [6.07, 6.45) is 2.30. The van der Waals surface area contributed by atoms with Gasteiger partial charge >= 0.3 is 0 Å². The van der Waals surface area contributed by atoms with Gasteiger partial charge in [0.05, 0.1) is 16.8 Å². The van der Waals surface area contributed by atoms with Gasteiger partial charge in [-0.3, -0.25) is 9.78 Å². The van der Waals surface area contributed by atoms with Crippen molar-refractivity contribution in [2.24, 2.45) is 0 Å². The summed E-state index contributed by atoms with van der Waals surface area (Å²) in [5, 5.41) is 0. The van der Waals surface area contributed by atoms with Crippen LogP contribution >= 0.6 is 15.9 Å². The van der Waals surface area contributed by atoms with Gasteiger partial charge in [0.2, 0.25) is 0 Å². The third-order valence-electron chi connectivity index (χ3n) is 4.19. The van der Waals surface area contributed by atoms with Crippen molar-refractivity contribution in [2.45, 2.75) is 18.9 Å². The van der Waals surface area contributed by atoms with Crippen LogP contribution in [-0.4, -0.2) is 22.8 Å². The third-order valence-corrected chi connectivity index (χ3v) is 4.62. The molecule has 0 radical (unpaired) electrons. The molecule has 0 bridgehead atoms. The molecule has 1 unspecified atom stereocenters. The summed E-state index contributed by atoms with van der Waals surface area (Å²) in [6.45, 7) is 1.98. The number of hydrogen-bond acceptors (Lipinski definition) is 2. The first-order valence-electron chi connectivity index (χ1n) is 6.60. The minimum Gasteiger partial charge on any atom is -0.332 e. The molecule has 1 aromatic carbocycles. The molecule has 0 aliphatic carbocycles. The maximum Gasteiger partial charge on any atom is 0.256 e. The van der Waals surface area contributed by atoms with Gasteiger partial charge in [0, 0.05) is 24.1 Å². The Morgan fingerprint density at radius 3 is 2.67 bits per heavy atom. The first-order chi connectivity index (χ1) is 9.91. The second-order valence-corrected chi connectivity index (χ2v) is 6.39. The van der Waals surface area contributed by atoms with Gasteiger partial charge in [0.1, 0.15) is 5.82 Å². The Kier molecular flexibility index (Phi) is 3.32. The number of nitrogens with zero attached hydrogens (tertiary/aromatic N) is 2. The molecule has 3 rings (SSSR count). The Bertz CT molecular complexity index is 717. The standard InChI is InChI=1S/C16H14BrFN2O/c1-16(10-3-5-12(18)6-4-10)8-14-13(15(21)20(16)2)7-11(17)9-19-14/h3-7,9H,8H2,1-2H3. The number of carbonyl (C=O) groups excluding carboxylic acids is 1. The third kappa shape index (κ3) is 2.25. The van der Waals surface area contributed by atoms with Crippen molar-refractivity contribution in [1.82, 2.24) is 9.88 Å². The van der Waals surface area contributed by atoms with Crippen molar-refractivity contribution in [2.75, 3.05) is 7.05 Å². The monoisotopic (exact) mass is 348 g/mol. The molecular weight excluding hydrogens is 335 g/mol. The average Bonchev–Trinajstić information content (AvgIpc) is 2.47. The van der Waals surface area contributed by atoms with Gasteiger partial charge in [-0.1, -0.05) is 12.1 Å². The number of benzene rings is 1. The smallest absolute Gasteiger partial charge is 0.256 e. The van der Waals surface area contributed by atoms with E-state index >= 15 is 0 Å². The van der Waals surface area contributed by atoms with E-state index in [2.05, 4.69) is 20.9 Å². The normalized spacial score (nSPS) is 21.3. The van der Waals surface area contributed by atoms with E-state index < -0.39 is 5.54 Å². The van der Waals surface area contributed by atoms with Crippen LogP contribution in [0.1, 0.15) is 28.5 Å². The van der Waals surface area contributed by atoms with E-state index in [0.717, 1.165) is 15.7 Å². The number of hydrogen-bond donors (Lipinski definition) is 0. The molecule has 21 heavy (non-hydrogen) atoms. The fraction of sp³-hybridized carbons (Fsp3) is 0.250. The lowest BCUT2D eigenvalue weighted by molar-refractivity contribution is 0.0542. The minimum absolute atomic E-state index is 0.0723. The Balaban J connectivity index is 2.11. The summed E-state index contributed by atoms with van der Waals surface area (Å²) in [4.78, 5) is 18.7. The second kappa shape index (κ2) is 4.91. The quantitative estimate of drug-likeness (QED) is 0.789. The summed E-state index contributed by atoms with van der Waals surface area (Å²) in [6, 6.07) is 8.09. The average molecular weight is 349 g/mol. The van der Waals surface area contributed by atoms with Crippen LogP contribution in [0, 0.1) is 5.82 Å². The first-order valence-corrected chi connectivity index (χ1v) is 7.40. The van der Waals surface area contributed by atoms with Gasteiger partial charge in [-0.25, -0.2) is 4.39 Å². The molecule has 0 saturated carbocycles. The Labute approximate surface area is 130 Å². The summed E-state index contributed by atoms with van der Waals surface area (Å²) in [7, 11) is 1.77. The summed E-state index contributed by atoms with van der Waals surface area (Å²) in [5.74, 6) is -0.355. The molecule has 2 aromatic rings. The van der Waals surface area contributed by atoms with E-state index in [-0.39, 0.29) is 11.7 Å². The van der Waals surface area contributed by atoms with E-state index in [1.807, 2.05) is 6.92 Å². The van der Waals surface area contributed by atoms with Crippen molar-refractivity contribution in [3.05, 3.63) is 63.6 Å². The molecule has 1 amide bonds. The zero-order valence-corrected chi connectivity index (χ0v) is 13.3. The first kappa shape index (κ1) is 14.2. The SMILES string of the molecule is CN1C(=O)c2cc(Br)cnc2CC1(C)c1ccc(F)cc1. The Morgan fingerprint density at radius 2 is 2.00 bits per heavy atom. The fourth-order valence-electron chi connectivity index (χ4n) is 2.75. The highest BCUT2D eigenvalue weighted by Gasteiger charge is 2.41. The van der Waals surface area contributed by atoms with Crippen molar-refractivity contribution in [3.63, 3.8) is 0 Å². The highest BCUT2D eigenvalue weighted by molar-refractivity contribution is 9.10. The second-order valence-electron chi connectivity index (χ2n) is 5.47. The van der Waals surface area contributed by atoms with E-state index in [9.17, 15) is 9.18 Å². The molecule has 3 nitrogen and oxygen atoms in total. The summed E-state index contributed by atoms with van der Waals surface area (Å²) >= 11 is 3.34. The number of fused-ring (bicyclic) bond motifs is 1. The largest absolute Gasteiger partial charge is 0.332 e. The number of likely N-dealkylation sites (N-methyl/N-ethyl adjacent to an activating group) is 1. The van der Waals surface area contributed by atoms with Crippen LogP contribution in [0.25, 0.3) is 0 Å². The predicted molar refractivity (Wildman–Crippen MR) is 81.5 cm³/mol. The molecule has 1 aliphatic rings. The molecule has 0 fully saturated rings. The van der Waals surface area contributed by atoms with Crippen LogP contribution in [0.5, 0.6) is 0 Å². The lowest BCUT2D eigenvalue weighted by Crippen LogP contribution is -2.50. The van der Waals surface area contributed by atoms with Gasteiger partial charge in [-0.05, 0) is 46.6 Å². The van der Waals surface area contributed by atoms with Crippen molar-refractivity contribution < 1.29 is 9.18 Å². The molecule has 0 saturated heterocycles. The molecule has 2 heterocycles. The molecule has 0 spiro atoms. The molecule has 1 aliphatic heterocycles. The highest BCUT2D eigenvalue weighted by atomic mass is 79.9. The number of pyridine rings is 1. The summed E-state index contributed by atoms with van der Waals surface area (Å²) in [5.41, 5.74) is 1.76.